The van der Waals surface area contributed by atoms with Gasteiger partial charge in [0.1, 0.15) is 17.1 Å². The van der Waals surface area contributed by atoms with E-state index in [-0.39, 0.29) is 16.4 Å². The van der Waals surface area contributed by atoms with Crippen LogP contribution in [0.25, 0.3) is 17.4 Å². The predicted molar refractivity (Wildman–Crippen MR) is 105 cm³/mol. The molecule has 0 aliphatic carbocycles. The fourth-order valence-electron chi connectivity index (χ4n) is 2.51. The van der Waals surface area contributed by atoms with E-state index in [2.05, 4.69) is 15.9 Å². The van der Waals surface area contributed by atoms with Crippen LogP contribution in [0.3, 0.4) is 0 Å². The lowest BCUT2D eigenvalue weighted by Crippen LogP contribution is -2.52. The number of amides is 2. The molecule has 0 N–H and O–H groups in total. The van der Waals surface area contributed by atoms with Crippen molar-refractivity contribution in [1.82, 2.24) is 9.80 Å². The van der Waals surface area contributed by atoms with E-state index in [0.29, 0.717) is 21.6 Å². The summed E-state index contributed by atoms with van der Waals surface area (Å²) < 4.78 is 6.18. The SMILES string of the molecule is CN1C(=O)C(=Cc2ccc(-c3ccc([N+](=O)[O-])cc3Br)o2)C(=O)N(C)C1=S. The third-order valence-corrected chi connectivity index (χ3v) is 5.19. The summed E-state index contributed by atoms with van der Waals surface area (Å²) in [5, 5.41) is 11.0. The van der Waals surface area contributed by atoms with Crippen molar-refractivity contribution in [2.45, 2.75) is 0 Å². The number of hydrogen-bond donors (Lipinski definition) is 0. The highest BCUT2D eigenvalue weighted by Gasteiger charge is 2.35. The van der Waals surface area contributed by atoms with Crippen molar-refractivity contribution in [2.24, 2.45) is 0 Å². The summed E-state index contributed by atoms with van der Waals surface area (Å²) in [6, 6.07) is 7.53. The van der Waals surface area contributed by atoms with E-state index in [9.17, 15) is 19.7 Å². The molecule has 0 saturated carbocycles. The Morgan fingerprint density at radius 1 is 1.15 bits per heavy atom. The first-order valence-corrected chi connectivity index (χ1v) is 8.76. The highest BCUT2D eigenvalue weighted by molar-refractivity contribution is 9.10. The van der Waals surface area contributed by atoms with E-state index in [4.69, 9.17) is 16.6 Å². The summed E-state index contributed by atoms with van der Waals surface area (Å²) in [5.74, 6) is -0.312. The molecule has 0 spiro atoms. The molecule has 1 aliphatic rings. The van der Waals surface area contributed by atoms with Crippen molar-refractivity contribution < 1.29 is 18.9 Å². The molecule has 1 aromatic heterocycles. The standard InChI is InChI=1S/C17H12BrN3O5S/c1-19-15(22)12(16(23)20(2)17(19)27)8-10-4-6-14(26-10)11-5-3-9(21(24)25)7-13(11)18/h3-8H,1-2H3. The van der Waals surface area contributed by atoms with E-state index >= 15 is 0 Å². The number of carbonyl (C=O) groups excluding carboxylic acids is 2. The number of thiocarbonyl (C=S) groups is 1. The maximum Gasteiger partial charge on any atom is 0.270 e. The van der Waals surface area contributed by atoms with Gasteiger partial charge in [0.05, 0.1) is 4.92 Å². The zero-order chi connectivity index (χ0) is 19.9. The molecular formula is C17H12BrN3O5S. The van der Waals surface area contributed by atoms with Crippen molar-refractivity contribution in [2.75, 3.05) is 14.1 Å². The molecule has 0 radical (unpaired) electrons. The highest BCUT2D eigenvalue weighted by Crippen LogP contribution is 2.33. The number of nitrogens with zero attached hydrogens (tertiary/aromatic N) is 3. The number of benzene rings is 1. The second kappa shape index (κ2) is 7.05. The van der Waals surface area contributed by atoms with Crippen LogP contribution in [-0.2, 0) is 9.59 Å². The normalized spacial score (nSPS) is 14.8. The summed E-state index contributed by atoms with van der Waals surface area (Å²) in [6.45, 7) is 0. The van der Waals surface area contributed by atoms with Gasteiger partial charge in [-0.25, -0.2) is 0 Å². The Labute approximate surface area is 167 Å². The van der Waals surface area contributed by atoms with E-state index in [0.717, 1.165) is 0 Å². The van der Waals surface area contributed by atoms with Crippen molar-refractivity contribution in [3.63, 3.8) is 0 Å². The van der Waals surface area contributed by atoms with Crippen LogP contribution < -0.4 is 0 Å². The second-order valence-corrected chi connectivity index (χ2v) is 6.91. The molecule has 1 fully saturated rings. The second-order valence-electron chi connectivity index (χ2n) is 5.69. The Morgan fingerprint density at radius 3 is 2.33 bits per heavy atom. The average molecular weight is 450 g/mol. The number of nitro benzene ring substituents is 1. The maximum atomic E-state index is 12.3. The van der Waals surface area contributed by atoms with Crippen molar-refractivity contribution >= 4 is 56.8 Å². The van der Waals surface area contributed by atoms with Crippen LogP contribution >= 0.6 is 28.1 Å². The predicted octanol–water partition coefficient (Wildman–Crippen LogP) is 3.22. The molecule has 0 unspecified atom stereocenters. The fraction of sp³-hybridized carbons (Fsp3) is 0.118. The molecule has 10 heteroatoms. The monoisotopic (exact) mass is 449 g/mol. The van der Waals surface area contributed by atoms with Crippen molar-refractivity contribution in [1.29, 1.82) is 0 Å². The molecule has 138 valence electrons. The summed E-state index contributed by atoms with van der Waals surface area (Å²) >= 11 is 8.33. The topological polar surface area (TPSA) is 96.9 Å². The maximum absolute atomic E-state index is 12.3. The molecule has 1 aromatic carbocycles. The minimum Gasteiger partial charge on any atom is -0.457 e. The lowest BCUT2D eigenvalue weighted by atomic mass is 10.1. The molecule has 3 rings (SSSR count). The minimum absolute atomic E-state index is 0.0556. The van der Waals surface area contributed by atoms with Crippen LogP contribution in [0.1, 0.15) is 5.76 Å². The van der Waals surface area contributed by atoms with Gasteiger partial charge in [-0.05, 0) is 52.4 Å². The van der Waals surface area contributed by atoms with E-state index in [1.54, 1.807) is 18.2 Å². The number of hydrogen-bond acceptors (Lipinski definition) is 6. The summed E-state index contributed by atoms with van der Waals surface area (Å²) in [7, 11) is 2.98. The number of rotatable bonds is 3. The summed E-state index contributed by atoms with van der Waals surface area (Å²) in [5.41, 5.74) is 0.471. The average Bonchev–Trinajstić information content (AvgIpc) is 3.10. The summed E-state index contributed by atoms with van der Waals surface area (Å²) in [4.78, 5) is 37.4. The van der Waals surface area contributed by atoms with Gasteiger partial charge < -0.3 is 4.42 Å². The van der Waals surface area contributed by atoms with Crippen molar-refractivity contribution in [3.8, 4) is 11.3 Å². The zero-order valence-corrected chi connectivity index (χ0v) is 16.5. The Morgan fingerprint density at radius 2 is 1.78 bits per heavy atom. The molecule has 2 heterocycles. The number of nitro groups is 1. The number of furan rings is 1. The van der Waals surface area contributed by atoms with Gasteiger partial charge >= 0.3 is 0 Å². The molecule has 0 atom stereocenters. The molecule has 8 nitrogen and oxygen atoms in total. The smallest absolute Gasteiger partial charge is 0.270 e. The van der Waals surface area contributed by atoms with Crippen LogP contribution in [0.15, 0.2) is 44.8 Å². The van der Waals surface area contributed by atoms with Crippen LogP contribution in [0, 0.1) is 10.1 Å². The van der Waals surface area contributed by atoms with Crippen LogP contribution in [0.5, 0.6) is 0 Å². The lowest BCUT2D eigenvalue weighted by Gasteiger charge is -2.31. The zero-order valence-electron chi connectivity index (χ0n) is 14.1. The Balaban J connectivity index is 1.96. The third-order valence-electron chi connectivity index (χ3n) is 3.99. The van der Waals surface area contributed by atoms with Crippen LogP contribution in [0.2, 0.25) is 0 Å². The van der Waals surface area contributed by atoms with Crippen LogP contribution in [0.4, 0.5) is 5.69 Å². The van der Waals surface area contributed by atoms with Gasteiger partial charge in [0, 0.05) is 36.3 Å². The Hall–Kier alpha value is -2.85. The number of likely N-dealkylation sites (N-methyl/N-ethyl adjacent to an activating group) is 2. The minimum atomic E-state index is -0.516. The first-order valence-electron chi connectivity index (χ1n) is 7.56. The lowest BCUT2D eigenvalue weighted by molar-refractivity contribution is -0.384. The fourth-order valence-corrected chi connectivity index (χ4v) is 3.24. The van der Waals surface area contributed by atoms with Gasteiger partial charge in [0.25, 0.3) is 17.5 Å². The van der Waals surface area contributed by atoms with E-state index in [1.165, 1.54) is 42.1 Å². The number of halogens is 1. The highest BCUT2D eigenvalue weighted by atomic mass is 79.9. The number of carbonyl (C=O) groups is 2. The van der Waals surface area contributed by atoms with Gasteiger partial charge in [0.15, 0.2) is 5.11 Å². The van der Waals surface area contributed by atoms with E-state index in [1.807, 2.05) is 0 Å². The first-order chi connectivity index (χ1) is 12.7. The van der Waals surface area contributed by atoms with Crippen LogP contribution in [-0.4, -0.2) is 45.7 Å². The molecule has 1 saturated heterocycles. The third kappa shape index (κ3) is 3.40. The summed E-state index contributed by atoms with van der Waals surface area (Å²) in [6.07, 6.45) is 1.35. The van der Waals surface area contributed by atoms with Gasteiger partial charge in [-0.3, -0.25) is 29.5 Å². The molecule has 0 bridgehead atoms. The Bertz CT molecular complexity index is 1000. The van der Waals surface area contributed by atoms with Gasteiger partial charge in [-0.1, -0.05) is 0 Å². The Kier molecular flexibility index (Phi) is 4.94. The van der Waals surface area contributed by atoms with Crippen molar-refractivity contribution in [3.05, 3.63) is 56.3 Å². The van der Waals surface area contributed by atoms with E-state index < -0.39 is 16.7 Å². The molecule has 2 amide bonds. The van der Waals surface area contributed by atoms with Gasteiger partial charge in [-0.15, -0.1) is 0 Å². The largest absolute Gasteiger partial charge is 0.457 e. The first kappa shape index (κ1) is 18.9. The van der Waals surface area contributed by atoms with Gasteiger partial charge in [0.2, 0.25) is 0 Å². The number of non-ortho nitro benzene ring substituents is 1. The molecule has 27 heavy (non-hydrogen) atoms. The van der Waals surface area contributed by atoms with Gasteiger partial charge in [-0.2, -0.15) is 0 Å². The quantitative estimate of drug-likeness (QED) is 0.234. The molecular weight excluding hydrogens is 438 g/mol. The molecule has 2 aromatic rings. The molecule has 1 aliphatic heterocycles.